The summed E-state index contributed by atoms with van der Waals surface area (Å²) in [6.45, 7) is 1.64. The Morgan fingerprint density at radius 3 is 2.36 bits per heavy atom. The molecule has 0 fully saturated rings. The van der Waals surface area contributed by atoms with Crippen LogP contribution in [0.5, 0.6) is 0 Å². The Bertz CT molecular complexity index is 256. The number of aryl methyl sites for hydroxylation is 1. The van der Waals surface area contributed by atoms with E-state index >= 15 is 0 Å². The lowest BCUT2D eigenvalue weighted by molar-refractivity contribution is 0.317. The number of hydrogen-bond acceptors (Lipinski definition) is 0. The second-order valence-corrected chi connectivity index (χ2v) is 2.24. The molecular formula is C8H6F3. The molecule has 0 aromatic heterocycles. The maximum absolute atomic E-state index is 12.6. The molecule has 0 amide bonds. The minimum atomic E-state index is -1.98. The zero-order valence-corrected chi connectivity index (χ0v) is 5.87. The van der Waals surface area contributed by atoms with Gasteiger partial charge in [-0.2, -0.15) is 8.78 Å². The van der Waals surface area contributed by atoms with Gasteiger partial charge in [0.1, 0.15) is 5.82 Å². The van der Waals surface area contributed by atoms with E-state index in [1.165, 1.54) is 6.07 Å². The van der Waals surface area contributed by atoms with Crippen LogP contribution in [0.1, 0.15) is 11.1 Å². The molecular weight excluding hydrogens is 153 g/mol. The molecule has 3 heteroatoms. The Balaban J connectivity index is 3.09. The minimum absolute atomic E-state index is 0.615. The van der Waals surface area contributed by atoms with Crippen molar-refractivity contribution in [3.8, 4) is 0 Å². The van der Waals surface area contributed by atoms with Crippen LogP contribution in [0.3, 0.4) is 0 Å². The second-order valence-electron chi connectivity index (χ2n) is 2.24. The highest BCUT2D eigenvalue weighted by atomic mass is 19.3. The van der Waals surface area contributed by atoms with Gasteiger partial charge in [0, 0.05) is 0 Å². The summed E-state index contributed by atoms with van der Waals surface area (Å²) in [6, 6.07) is 3.59. The fraction of sp³-hybridized carbons (Fsp3) is 0.125. The Morgan fingerprint density at radius 2 is 1.91 bits per heavy atom. The van der Waals surface area contributed by atoms with Gasteiger partial charge in [-0.1, -0.05) is 6.07 Å². The highest BCUT2D eigenvalue weighted by molar-refractivity contribution is 5.29. The number of halogens is 3. The van der Waals surface area contributed by atoms with Crippen molar-refractivity contribution in [1.82, 2.24) is 0 Å². The van der Waals surface area contributed by atoms with Gasteiger partial charge < -0.3 is 0 Å². The van der Waals surface area contributed by atoms with Gasteiger partial charge in [-0.15, -0.1) is 0 Å². The summed E-state index contributed by atoms with van der Waals surface area (Å²) in [6.07, 6.45) is -1.98. The second kappa shape index (κ2) is 2.95. The van der Waals surface area contributed by atoms with E-state index in [2.05, 4.69) is 0 Å². The molecule has 0 saturated heterocycles. The monoisotopic (exact) mass is 159 g/mol. The van der Waals surface area contributed by atoms with Crippen molar-refractivity contribution in [2.45, 2.75) is 6.92 Å². The van der Waals surface area contributed by atoms with Crippen molar-refractivity contribution in [3.63, 3.8) is 0 Å². The first-order chi connectivity index (χ1) is 5.11. The van der Waals surface area contributed by atoms with E-state index < -0.39 is 17.8 Å². The van der Waals surface area contributed by atoms with E-state index in [9.17, 15) is 13.2 Å². The summed E-state index contributed by atoms with van der Waals surface area (Å²) in [5.41, 5.74) is 0.0168. The van der Waals surface area contributed by atoms with Crippen LogP contribution in [0.4, 0.5) is 13.2 Å². The third-order valence-electron chi connectivity index (χ3n) is 1.33. The third-order valence-corrected chi connectivity index (χ3v) is 1.33. The summed E-state index contributed by atoms with van der Waals surface area (Å²) in [5.74, 6) is -0.870. The van der Waals surface area contributed by atoms with E-state index in [0.717, 1.165) is 12.1 Å². The molecule has 0 saturated carbocycles. The highest BCUT2D eigenvalue weighted by Gasteiger charge is 2.14. The zero-order valence-electron chi connectivity index (χ0n) is 5.87. The number of hydrogen-bond donors (Lipinski definition) is 0. The standard InChI is InChI=1S/C8H6F3/c1-5-2-3-6(8(10)11)7(9)4-5/h2-4H,1H3. The molecule has 0 nitrogen and oxygen atoms in total. The average molecular weight is 159 g/mol. The summed E-state index contributed by atoms with van der Waals surface area (Å²) in [5, 5.41) is 0. The average Bonchev–Trinajstić information content (AvgIpc) is 1.85. The van der Waals surface area contributed by atoms with Crippen LogP contribution in [0, 0.1) is 19.2 Å². The van der Waals surface area contributed by atoms with Gasteiger partial charge in [0.15, 0.2) is 0 Å². The number of benzene rings is 1. The van der Waals surface area contributed by atoms with Gasteiger partial charge >= 0.3 is 6.43 Å². The Kier molecular flexibility index (Phi) is 2.17. The molecule has 1 aromatic carbocycles. The maximum atomic E-state index is 12.6. The SMILES string of the molecule is Cc1ccc([C](F)F)c(F)c1. The Hall–Kier alpha value is -0.990. The van der Waals surface area contributed by atoms with Crippen LogP contribution in [0.2, 0.25) is 0 Å². The van der Waals surface area contributed by atoms with E-state index in [1.807, 2.05) is 0 Å². The van der Waals surface area contributed by atoms with Crippen molar-refractivity contribution >= 4 is 0 Å². The lowest BCUT2D eigenvalue weighted by Crippen LogP contribution is -1.90. The quantitative estimate of drug-likeness (QED) is 0.591. The summed E-state index contributed by atoms with van der Waals surface area (Å²) < 4.78 is 36.3. The zero-order chi connectivity index (χ0) is 8.43. The van der Waals surface area contributed by atoms with Crippen molar-refractivity contribution in [3.05, 3.63) is 41.6 Å². The molecule has 0 bridgehead atoms. The van der Waals surface area contributed by atoms with Crippen LogP contribution in [0.25, 0.3) is 0 Å². The minimum Gasteiger partial charge on any atom is -0.206 e. The lowest BCUT2D eigenvalue weighted by Gasteiger charge is -1.99. The fourth-order valence-electron chi connectivity index (χ4n) is 0.773. The van der Waals surface area contributed by atoms with Crippen LogP contribution < -0.4 is 0 Å². The van der Waals surface area contributed by atoms with Gasteiger partial charge in [0.25, 0.3) is 0 Å². The molecule has 1 aromatic rings. The van der Waals surface area contributed by atoms with E-state index in [-0.39, 0.29) is 0 Å². The van der Waals surface area contributed by atoms with Gasteiger partial charge in [-0.25, -0.2) is 4.39 Å². The summed E-state index contributed by atoms with van der Waals surface area (Å²) in [4.78, 5) is 0. The van der Waals surface area contributed by atoms with Crippen molar-refractivity contribution in [1.29, 1.82) is 0 Å². The summed E-state index contributed by atoms with van der Waals surface area (Å²) >= 11 is 0. The first-order valence-electron chi connectivity index (χ1n) is 3.05. The first kappa shape index (κ1) is 8.11. The largest absolute Gasteiger partial charge is 0.342 e. The van der Waals surface area contributed by atoms with E-state index in [0.29, 0.717) is 5.56 Å². The van der Waals surface area contributed by atoms with E-state index in [4.69, 9.17) is 0 Å². The number of rotatable bonds is 1. The normalized spacial score (nSPS) is 10.6. The molecule has 1 radical (unpaired) electrons. The topological polar surface area (TPSA) is 0 Å². The molecule has 11 heavy (non-hydrogen) atoms. The predicted octanol–water partition coefficient (Wildman–Crippen LogP) is 2.91. The fourth-order valence-corrected chi connectivity index (χ4v) is 0.773. The van der Waals surface area contributed by atoms with Crippen molar-refractivity contribution < 1.29 is 13.2 Å². The maximum Gasteiger partial charge on any atom is 0.342 e. The Morgan fingerprint density at radius 1 is 1.27 bits per heavy atom. The molecule has 0 aliphatic heterocycles. The van der Waals surface area contributed by atoms with Crippen LogP contribution >= 0.6 is 0 Å². The predicted molar refractivity (Wildman–Crippen MR) is 35.7 cm³/mol. The molecule has 0 N–H and O–H groups in total. The smallest absolute Gasteiger partial charge is 0.206 e. The first-order valence-corrected chi connectivity index (χ1v) is 3.05. The van der Waals surface area contributed by atoms with Gasteiger partial charge in [0.2, 0.25) is 0 Å². The van der Waals surface area contributed by atoms with Gasteiger partial charge in [-0.05, 0) is 24.6 Å². The molecule has 0 aliphatic rings. The van der Waals surface area contributed by atoms with Crippen molar-refractivity contribution in [2.24, 2.45) is 0 Å². The molecule has 1 rings (SSSR count). The lowest BCUT2D eigenvalue weighted by atomic mass is 10.1. The van der Waals surface area contributed by atoms with Crippen LogP contribution in [-0.4, -0.2) is 0 Å². The van der Waals surface area contributed by atoms with Gasteiger partial charge in [0.05, 0.1) is 5.56 Å². The van der Waals surface area contributed by atoms with Crippen LogP contribution in [-0.2, 0) is 0 Å². The van der Waals surface area contributed by atoms with E-state index in [1.54, 1.807) is 6.92 Å². The molecule has 0 unspecified atom stereocenters. The molecule has 59 valence electrons. The highest BCUT2D eigenvalue weighted by Crippen LogP contribution is 2.21. The molecule has 0 aliphatic carbocycles. The van der Waals surface area contributed by atoms with Gasteiger partial charge in [-0.3, -0.25) is 0 Å². The Labute approximate surface area is 62.7 Å². The molecule has 0 heterocycles. The summed E-state index contributed by atoms with van der Waals surface area (Å²) in [7, 11) is 0. The molecule has 0 spiro atoms. The van der Waals surface area contributed by atoms with Crippen molar-refractivity contribution in [2.75, 3.05) is 0 Å². The van der Waals surface area contributed by atoms with Crippen LogP contribution in [0.15, 0.2) is 18.2 Å². The molecule has 0 atom stereocenters. The third kappa shape index (κ3) is 1.73.